The number of phenolic OH excluding ortho intramolecular Hbond substituents is 1. The van der Waals surface area contributed by atoms with Crippen LogP contribution in [0.2, 0.25) is 5.02 Å². The van der Waals surface area contributed by atoms with E-state index in [-0.39, 0.29) is 0 Å². The molecule has 1 aromatic carbocycles. The van der Waals surface area contributed by atoms with Gasteiger partial charge in [-0.15, -0.1) is 0 Å². The summed E-state index contributed by atoms with van der Waals surface area (Å²) in [5, 5.41) is 11.3. The summed E-state index contributed by atoms with van der Waals surface area (Å²) in [6.07, 6.45) is 12.9. The van der Waals surface area contributed by atoms with E-state index in [9.17, 15) is 5.11 Å². The molecule has 0 amide bonds. The molecule has 0 saturated heterocycles. The van der Waals surface area contributed by atoms with E-state index in [1.807, 2.05) is 18.3 Å². The standard InChI is InChI=1S/C18H24ClNO/c19-15-10-14(12-20-16-8-4-5-9-16)18(21)17(11-15)13-6-2-1-3-7-13/h10-13,16,21H,1-9H2. The van der Waals surface area contributed by atoms with Crippen molar-refractivity contribution in [2.45, 2.75) is 69.7 Å². The van der Waals surface area contributed by atoms with E-state index in [1.54, 1.807) is 0 Å². The largest absolute Gasteiger partial charge is 0.507 e. The van der Waals surface area contributed by atoms with Crippen LogP contribution in [0.5, 0.6) is 5.75 Å². The van der Waals surface area contributed by atoms with Crippen LogP contribution in [0.3, 0.4) is 0 Å². The maximum absolute atomic E-state index is 10.6. The van der Waals surface area contributed by atoms with Crippen molar-refractivity contribution < 1.29 is 5.11 Å². The minimum absolute atomic E-state index is 0.396. The second-order valence-electron chi connectivity index (χ2n) is 6.48. The SMILES string of the molecule is Oc1c(C=NC2CCCC2)cc(Cl)cc1C1CCCCC1. The molecule has 3 rings (SSSR count). The minimum atomic E-state index is 0.396. The van der Waals surface area contributed by atoms with Gasteiger partial charge in [0.2, 0.25) is 0 Å². The van der Waals surface area contributed by atoms with Crippen LogP contribution in [0.15, 0.2) is 17.1 Å². The van der Waals surface area contributed by atoms with Crippen molar-refractivity contribution >= 4 is 17.8 Å². The lowest BCUT2D eigenvalue weighted by atomic mass is 9.83. The number of aliphatic imine (C=N–C) groups is 1. The second-order valence-corrected chi connectivity index (χ2v) is 6.92. The zero-order valence-electron chi connectivity index (χ0n) is 12.5. The van der Waals surface area contributed by atoms with Gasteiger partial charge >= 0.3 is 0 Å². The summed E-state index contributed by atoms with van der Waals surface area (Å²) in [5.41, 5.74) is 1.81. The first-order valence-electron chi connectivity index (χ1n) is 8.29. The Labute approximate surface area is 132 Å². The molecule has 0 atom stereocenters. The van der Waals surface area contributed by atoms with E-state index in [4.69, 9.17) is 11.6 Å². The Bertz CT molecular complexity index is 514. The molecule has 2 aliphatic rings. The zero-order chi connectivity index (χ0) is 14.7. The highest BCUT2D eigenvalue weighted by Crippen LogP contribution is 2.39. The van der Waals surface area contributed by atoms with Crippen LogP contribution in [0.25, 0.3) is 0 Å². The van der Waals surface area contributed by atoms with Gasteiger partial charge in [-0.25, -0.2) is 0 Å². The lowest BCUT2D eigenvalue weighted by Crippen LogP contribution is -2.06. The Morgan fingerprint density at radius 3 is 2.38 bits per heavy atom. The maximum Gasteiger partial charge on any atom is 0.127 e. The molecule has 2 fully saturated rings. The third-order valence-corrected chi connectivity index (χ3v) is 5.15. The molecule has 0 aliphatic heterocycles. The second kappa shape index (κ2) is 6.83. The van der Waals surface area contributed by atoms with E-state index in [0.717, 1.165) is 24.0 Å². The fraction of sp³-hybridized carbons (Fsp3) is 0.611. The van der Waals surface area contributed by atoms with Crippen LogP contribution in [0, 0.1) is 0 Å². The van der Waals surface area contributed by atoms with Crippen molar-refractivity contribution in [3.8, 4) is 5.75 Å². The van der Waals surface area contributed by atoms with Crippen molar-refractivity contribution in [2.75, 3.05) is 0 Å². The van der Waals surface area contributed by atoms with Gasteiger partial charge in [-0.3, -0.25) is 4.99 Å². The minimum Gasteiger partial charge on any atom is -0.507 e. The number of benzene rings is 1. The van der Waals surface area contributed by atoms with Crippen molar-refractivity contribution in [1.29, 1.82) is 0 Å². The Kier molecular flexibility index (Phi) is 4.84. The smallest absolute Gasteiger partial charge is 0.127 e. The molecule has 0 heterocycles. The number of hydrogen-bond acceptors (Lipinski definition) is 2. The van der Waals surface area contributed by atoms with E-state index >= 15 is 0 Å². The van der Waals surface area contributed by atoms with E-state index < -0.39 is 0 Å². The maximum atomic E-state index is 10.6. The normalized spacial score (nSPS) is 21.4. The van der Waals surface area contributed by atoms with Gasteiger partial charge in [-0.05, 0) is 49.3 Å². The van der Waals surface area contributed by atoms with Gasteiger partial charge in [0.1, 0.15) is 5.75 Å². The molecule has 2 nitrogen and oxygen atoms in total. The monoisotopic (exact) mass is 305 g/mol. The van der Waals surface area contributed by atoms with Gasteiger partial charge in [-0.1, -0.05) is 43.7 Å². The first kappa shape index (κ1) is 14.9. The third kappa shape index (κ3) is 3.60. The van der Waals surface area contributed by atoms with E-state index in [0.29, 0.717) is 22.7 Å². The predicted molar refractivity (Wildman–Crippen MR) is 88.8 cm³/mol. The first-order valence-corrected chi connectivity index (χ1v) is 8.67. The van der Waals surface area contributed by atoms with Crippen LogP contribution in [-0.4, -0.2) is 17.4 Å². The Morgan fingerprint density at radius 1 is 1.00 bits per heavy atom. The van der Waals surface area contributed by atoms with Crippen molar-refractivity contribution in [3.63, 3.8) is 0 Å². The summed E-state index contributed by atoms with van der Waals surface area (Å²) in [6, 6.07) is 4.21. The van der Waals surface area contributed by atoms with Gasteiger partial charge in [0.25, 0.3) is 0 Å². The van der Waals surface area contributed by atoms with Gasteiger partial charge in [0.05, 0.1) is 0 Å². The first-order chi connectivity index (χ1) is 10.2. The fourth-order valence-electron chi connectivity index (χ4n) is 3.70. The molecule has 3 heteroatoms. The average Bonchev–Trinajstić information content (AvgIpc) is 3.02. The molecule has 0 unspecified atom stereocenters. The molecule has 21 heavy (non-hydrogen) atoms. The number of hydrogen-bond donors (Lipinski definition) is 1. The van der Waals surface area contributed by atoms with Crippen molar-refractivity contribution in [1.82, 2.24) is 0 Å². The quantitative estimate of drug-likeness (QED) is 0.739. The van der Waals surface area contributed by atoms with Gasteiger partial charge in [0, 0.05) is 22.8 Å². The molecule has 114 valence electrons. The zero-order valence-corrected chi connectivity index (χ0v) is 13.3. The fourth-order valence-corrected chi connectivity index (χ4v) is 3.94. The van der Waals surface area contributed by atoms with Crippen LogP contribution < -0.4 is 0 Å². The topological polar surface area (TPSA) is 32.6 Å². The summed E-state index contributed by atoms with van der Waals surface area (Å²) in [5.74, 6) is 0.851. The molecule has 2 aliphatic carbocycles. The van der Waals surface area contributed by atoms with Crippen molar-refractivity contribution in [3.05, 3.63) is 28.3 Å². The Morgan fingerprint density at radius 2 is 1.67 bits per heavy atom. The molecular formula is C18H24ClNO. The van der Waals surface area contributed by atoms with Crippen LogP contribution in [0.1, 0.15) is 74.8 Å². The highest BCUT2D eigenvalue weighted by Gasteiger charge is 2.21. The molecule has 0 spiro atoms. The molecule has 0 radical (unpaired) electrons. The highest BCUT2D eigenvalue weighted by molar-refractivity contribution is 6.31. The summed E-state index contributed by atoms with van der Waals surface area (Å²) >= 11 is 6.26. The lowest BCUT2D eigenvalue weighted by Gasteiger charge is -2.23. The summed E-state index contributed by atoms with van der Waals surface area (Å²) in [7, 11) is 0. The molecule has 2 saturated carbocycles. The number of phenols is 1. The predicted octanol–water partition coefficient (Wildman–Crippen LogP) is 5.45. The molecule has 0 aromatic heterocycles. The van der Waals surface area contributed by atoms with Crippen LogP contribution >= 0.6 is 11.6 Å². The number of nitrogens with zero attached hydrogens (tertiary/aromatic N) is 1. The van der Waals surface area contributed by atoms with Crippen LogP contribution in [0.4, 0.5) is 0 Å². The third-order valence-electron chi connectivity index (χ3n) is 4.93. The number of halogens is 1. The Hall–Kier alpha value is -1.02. The van der Waals surface area contributed by atoms with Crippen molar-refractivity contribution in [2.24, 2.45) is 4.99 Å². The number of aromatic hydroxyl groups is 1. The number of rotatable bonds is 3. The summed E-state index contributed by atoms with van der Waals surface area (Å²) in [6.45, 7) is 0. The summed E-state index contributed by atoms with van der Waals surface area (Å²) < 4.78 is 0. The lowest BCUT2D eigenvalue weighted by molar-refractivity contribution is 0.414. The molecular weight excluding hydrogens is 282 g/mol. The molecule has 1 N–H and O–H groups in total. The molecule has 0 bridgehead atoms. The molecule has 1 aromatic rings. The highest BCUT2D eigenvalue weighted by atomic mass is 35.5. The van der Waals surface area contributed by atoms with Gasteiger partial charge in [-0.2, -0.15) is 0 Å². The van der Waals surface area contributed by atoms with E-state index in [2.05, 4.69) is 4.99 Å². The van der Waals surface area contributed by atoms with E-state index in [1.165, 1.54) is 44.9 Å². The summed E-state index contributed by atoms with van der Waals surface area (Å²) in [4.78, 5) is 4.64. The van der Waals surface area contributed by atoms with Gasteiger partial charge in [0.15, 0.2) is 0 Å². The Balaban J connectivity index is 1.84. The van der Waals surface area contributed by atoms with Crippen LogP contribution in [-0.2, 0) is 0 Å². The van der Waals surface area contributed by atoms with Gasteiger partial charge < -0.3 is 5.11 Å². The average molecular weight is 306 g/mol.